The molecule has 4 rings (SSSR count). The maximum Gasteiger partial charge on any atom is 0.416 e. The molecule has 1 heterocycles. The summed E-state index contributed by atoms with van der Waals surface area (Å²) in [6, 6.07) is 10.7. The fraction of sp³-hybridized carbons (Fsp3) is 0.217. The van der Waals surface area contributed by atoms with Gasteiger partial charge in [0.15, 0.2) is 0 Å². The van der Waals surface area contributed by atoms with E-state index in [1.54, 1.807) is 19.9 Å². The number of aryl methyl sites for hydroxylation is 1. The molecule has 0 aliphatic carbocycles. The zero-order valence-corrected chi connectivity index (χ0v) is 19.0. The van der Waals surface area contributed by atoms with Gasteiger partial charge in [-0.05, 0) is 67.4 Å². The molecule has 0 saturated heterocycles. The lowest BCUT2D eigenvalue weighted by molar-refractivity contribution is -0.137. The van der Waals surface area contributed by atoms with Crippen LogP contribution in [0.2, 0.25) is 5.02 Å². The number of alkyl halides is 3. The van der Waals surface area contributed by atoms with Gasteiger partial charge in [-0.1, -0.05) is 23.7 Å². The summed E-state index contributed by atoms with van der Waals surface area (Å²) in [6.45, 7) is 3.17. The van der Waals surface area contributed by atoms with Gasteiger partial charge in [-0.25, -0.2) is 12.8 Å². The van der Waals surface area contributed by atoms with Crippen LogP contribution >= 0.6 is 11.6 Å². The first-order valence-corrected chi connectivity index (χ1v) is 11.7. The van der Waals surface area contributed by atoms with Crippen molar-refractivity contribution in [2.45, 2.75) is 31.0 Å². The molecular weight excluding hydrogens is 482 g/mol. The fourth-order valence-electron chi connectivity index (χ4n) is 3.69. The Bertz CT molecular complexity index is 1340. The van der Waals surface area contributed by atoms with Crippen LogP contribution in [-0.4, -0.2) is 21.1 Å². The maximum atomic E-state index is 14.0. The van der Waals surface area contributed by atoms with Crippen LogP contribution in [0.5, 0.6) is 5.75 Å². The minimum absolute atomic E-state index is 0.120. The Balaban J connectivity index is 1.86. The number of nitrogens with zero attached hydrogens (tertiary/aromatic N) is 1. The summed E-state index contributed by atoms with van der Waals surface area (Å²) in [6.07, 6.45) is -5.25. The van der Waals surface area contributed by atoms with Crippen molar-refractivity contribution in [3.63, 3.8) is 0 Å². The van der Waals surface area contributed by atoms with Gasteiger partial charge in [0.05, 0.1) is 27.7 Å². The highest BCUT2D eigenvalue weighted by molar-refractivity contribution is 7.92. The minimum Gasteiger partial charge on any atom is -0.487 e. The van der Waals surface area contributed by atoms with E-state index in [0.29, 0.717) is 27.8 Å². The Kier molecular flexibility index (Phi) is 5.82. The third kappa shape index (κ3) is 4.39. The number of hydrogen-bond acceptors (Lipinski definition) is 3. The Labute approximate surface area is 193 Å². The van der Waals surface area contributed by atoms with Crippen molar-refractivity contribution in [3.05, 3.63) is 76.6 Å². The van der Waals surface area contributed by atoms with E-state index in [1.807, 2.05) is 0 Å². The van der Waals surface area contributed by atoms with Gasteiger partial charge >= 0.3 is 6.18 Å². The lowest BCUT2D eigenvalue weighted by atomic mass is 10.0. The van der Waals surface area contributed by atoms with E-state index in [4.69, 9.17) is 16.3 Å². The van der Waals surface area contributed by atoms with Crippen molar-refractivity contribution >= 4 is 27.3 Å². The summed E-state index contributed by atoms with van der Waals surface area (Å²) in [7, 11) is -4.37. The summed E-state index contributed by atoms with van der Waals surface area (Å²) < 4.78 is 87.1. The summed E-state index contributed by atoms with van der Waals surface area (Å²) in [5.74, 6) is -0.278. The third-order valence-electron chi connectivity index (χ3n) is 5.26. The average molecular weight is 500 g/mol. The van der Waals surface area contributed by atoms with Gasteiger partial charge in [0.1, 0.15) is 17.7 Å². The second kappa shape index (κ2) is 8.22. The van der Waals surface area contributed by atoms with Crippen LogP contribution in [0, 0.1) is 12.7 Å². The van der Waals surface area contributed by atoms with Crippen LogP contribution in [0.25, 0.3) is 11.1 Å². The number of fused-ring (bicyclic) bond motifs is 1. The topological polar surface area (TPSA) is 46.6 Å². The molecule has 1 atom stereocenters. The molecule has 33 heavy (non-hydrogen) atoms. The number of sulfonamides is 1. The predicted molar refractivity (Wildman–Crippen MR) is 118 cm³/mol. The molecule has 1 aliphatic heterocycles. The molecular formula is C23H18ClF4NO3S. The highest BCUT2D eigenvalue weighted by Gasteiger charge is 2.36. The molecule has 0 amide bonds. The first-order valence-electron chi connectivity index (χ1n) is 9.84. The highest BCUT2D eigenvalue weighted by Crippen LogP contribution is 2.42. The van der Waals surface area contributed by atoms with Crippen LogP contribution < -0.4 is 9.04 Å². The minimum atomic E-state index is -4.69. The van der Waals surface area contributed by atoms with E-state index in [-0.39, 0.29) is 18.0 Å². The molecule has 3 aromatic carbocycles. The second-order valence-electron chi connectivity index (χ2n) is 7.76. The number of ether oxygens (including phenoxy) is 1. The molecule has 0 radical (unpaired) electrons. The average Bonchev–Trinajstić information content (AvgIpc) is 2.75. The van der Waals surface area contributed by atoms with Gasteiger partial charge < -0.3 is 4.74 Å². The third-order valence-corrected chi connectivity index (χ3v) is 7.54. The van der Waals surface area contributed by atoms with Gasteiger partial charge in [-0.15, -0.1) is 0 Å². The van der Waals surface area contributed by atoms with Gasteiger partial charge in [0.2, 0.25) is 0 Å². The Morgan fingerprint density at radius 3 is 2.52 bits per heavy atom. The number of hydrogen-bond donors (Lipinski definition) is 0. The number of rotatable bonds is 3. The second-order valence-corrected chi connectivity index (χ2v) is 10.00. The first kappa shape index (κ1) is 23.4. The molecule has 174 valence electrons. The quantitative estimate of drug-likeness (QED) is 0.389. The van der Waals surface area contributed by atoms with Gasteiger partial charge in [0, 0.05) is 5.56 Å². The van der Waals surface area contributed by atoms with Crippen molar-refractivity contribution < 1.29 is 30.7 Å². The molecule has 10 heteroatoms. The standard InChI is InChI=1S/C23H18ClF4NO3S/c1-13-8-17(25)11-19(22(13)24)15-6-7-21-20(9-15)29(12-14(2)32-21)33(30,31)18-5-3-4-16(10-18)23(26,27)28/h3-11,14H,12H2,1-2H3/t14-/m1/s1. The van der Waals surface area contributed by atoms with E-state index in [2.05, 4.69) is 0 Å². The summed E-state index contributed by atoms with van der Waals surface area (Å²) in [4.78, 5) is -0.498. The monoisotopic (exact) mass is 499 g/mol. The zero-order chi connectivity index (χ0) is 24.1. The summed E-state index contributed by atoms with van der Waals surface area (Å²) in [5.41, 5.74) is 0.348. The molecule has 0 saturated carbocycles. The van der Waals surface area contributed by atoms with Crippen LogP contribution in [0.4, 0.5) is 23.2 Å². The summed E-state index contributed by atoms with van der Waals surface area (Å²) in [5, 5.41) is 0.300. The number of benzene rings is 3. The zero-order valence-electron chi connectivity index (χ0n) is 17.5. The molecule has 0 unspecified atom stereocenters. The normalized spacial score (nSPS) is 16.3. The molecule has 0 spiro atoms. The largest absolute Gasteiger partial charge is 0.487 e. The SMILES string of the molecule is Cc1cc(F)cc(-c2ccc3c(c2)N(S(=O)(=O)c2cccc(C(F)(F)F)c2)C[C@@H](C)O3)c1Cl. The van der Waals surface area contributed by atoms with E-state index in [9.17, 15) is 26.0 Å². The van der Waals surface area contributed by atoms with Crippen molar-refractivity contribution in [1.29, 1.82) is 0 Å². The van der Waals surface area contributed by atoms with Crippen molar-refractivity contribution in [2.75, 3.05) is 10.8 Å². The van der Waals surface area contributed by atoms with E-state index in [1.165, 1.54) is 24.3 Å². The van der Waals surface area contributed by atoms with Crippen LogP contribution in [0.1, 0.15) is 18.1 Å². The van der Waals surface area contributed by atoms with E-state index >= 15 is 0 Å². The van der Waals surface area contributed by atoms with Crippen molar-refractivity contribution in [3.8, 4) is 16.9 Å². The van der Waals surface area contributed by atoms with Crippen LogP contribution in [0.15, 0.2) is 59.5 Å². The molecule has 4 nitrogen and oxygen atoms in total. The summed E-state index contributed by atoms with van der Waals surface area (Å²) >= 11 is 6.35. The Morgan fingerprint density at radius 2 is 1.82 bits per heavy atom. The smallest absolute Gasteiger partial charge is 0.416 e. The fourth-order valence-corrected chi connectivity index (χ4v) is 5.50. The van der Waals surface area contributed by atoms with Crippen LogP contribution in [0.3, 0.4) is 0 Å². The van der Waals surface area contributed by atoms with Crippen LogP contribution in [-0.2, 0) is 16.2 Å². The van der Waals surface area contributed by atoms with Crippen molar-refractivity contribution in [2.24, 2.45) is 0 Å². The molecule has 1 aliphatic rings. The van der Waals surface area contributed by atoms with E-state index < -0.39 is 38.6 Å². The number of anilines is 1. The lowest BCUT2D eigenvalue weighted by Gasteiger charge is -2.34. The molecule has 0 aromatic heterocycles. The first-order chi connectivity index (χ1) is 15.4. The molecule has 0 fully saturated rings. The van der Waals surface area contributed by atoms with Crippen molar-refractivity contribution in [1.82, 2.24) is 0 Å². The molecule has 0 N–H and O–H groups in total. The molecule has 0 bridgehead atoms. The molecule has 3 aromatic rings. The Morgan fingerprint density at radius 1 is 1.09 bits per heavy atom. The van der Waals surface area contributed by atoms with Gasteiger partial charge in [0.25, 0.3) is 10.0 Å². The lowest BCUT2D eigenvalue weighted by Crippen LogP contribution is -2.42. The van der Waals surface area contributed by atoms with Gasteiger partial charge in [-0.3, -0.25) is 4.31 Å². The Hall–Kier alpha value is -2.78. The van der Waals surface area contributed by atoms with Gasteiger partial charge in [-0.2, -0.15) is 13.2 Å². The maximum absolute atomic E-state index is 14.0. The predicted octanol–water partition coefficient (Wildman–Crippen LogP) is 6.45. The highest BCUT2D eigenvalue weighted by atomic mass is 35.5. The van der Waals surface area contributed by atoms with E-state index in [0.717, 1.165) is 22.5 Å². The number of halogens is 5.